The van der Waals surface area contributed by atoms with Gasteiger partial charge >= 0.3 is 0 Å². The summed E-state index contributed by atoms with van der Waals surface area (Å²) >= 11 is 0. The highest BCUT2D eigenvalue weighted by molar-refractivity contribution is 6.08. The quantitative estimate of drug-likeness (QED) is 0.647. The maximum Gasteiger partial charge on any atom is 0.270 e. The molecule has 1 aromatic heterocycles. The Kier molecular flexibility index (Phi) is 2.42. The number of carbonyl (C=O) groups excluding carboxylic acids is 3. The Balaban J connectivity index is 1.42. The molecule has 0 unspecified atom stereocenters. The highest BCUT2D eigenvalue weighted by Gasteiger charge is 2.67. The zero-order chi connectivity index (χ0) is 15.7. The van der Waals surface area contributed by atoms with Crippen molar-refractivity contribution in [3.63, 3.8) is 0 Å². The van der Waals surface area contributed by atoms with E-state index in [-0.39, 0.29) is 35.5 Å². The van der Waals surface area contributed by atoms with Gasteiger partial charge in [-0.15, -0.1) is 0 Å². The molecule has 1 N–H and O–H groups in total. The smallest absolute Gasteiger partial charge is 0.270 e. The number of nitrogens with one attached hydrogen (secondary N) is 1. The van der Waals surface area contributed by atoms with Crippen LogP contribution in [0, 0.1) is 35.5 Å². The summed E-state index contributed by atoms with van der Waals surface area (Å²) in [6, 6.07) is 3.10. The van der Waals surface area contributed by atoms with Crippen LogP contribution in [-0.4, -0.2) is 27.7 Å². The van der Waals surface area contributed by atoms with E-state index >= 15 is 0 Å². The number of hydrazine groups is 1. The van der Waals surface area contributed by atoms with Gasteiger partial charge in [-0.25, -0.2) is 0 Å². The summed E-state index contributed by atoms with van der Waals surface area (Å²) in [5, 5.41) is 0.954. The molecule has 1 saturated heterocycles. The van der Waals surface area contributed by atoms with Gasteiger partial charge in [-0.1, -0.05) is 12.2 Å². The molecule has 5 aliphatic rings. The fraction of sp³-hybridized carbons (Fsp3) is 0.412. The Morgan fingerprint density at radius 3 is 2.17 bits per heavy atom. The fourth-order valence-corrected chi connectivity index (χ4v) is 4.74. The summed E-state index contributed by atoms with van der Waals surface area (Å²) in [6.45, 7) is 0. The minimum absolute atomic E-state index is 0.161. The third kappa shape index (κ3) is 1.63. The molecule has 23 heavy (non-hydrogen) atoms. The van der Waals surface area contributed by atoms with Gasteiger partial charge in [0.1, 0.15) is 0 Å². The number of nitrogens with zero attached hydrogens (tertiary/aromatic N) is 2. The lowest BCUT2D eigenvalue weighted by molar-refractivity contribution is -0.143. The van der Waals surface area contributed by atoms with Crippen LogP contribution in [0.3, 0.4) is 0 Å². The first kappa shape index (κ1) is 13.0. The molecule has 2 heterocycles. The molecule has 3 fully saturated rings. The number of allylic oxidation sites excluding steroid dienone is 2. The van der Waals surface area contributed by atoms with E-state index in [1.54, 1.807) is 12.1 Å². The van der Waals surface area contributed by atoms with Crippen LogP contribution in [0.15, 0.2) is 36.7 Å². The van der Waals surface area contributed by atoms with Crippen molar-refractivity contribution in [2.75, 3.05) is 0 Å². The average molecular weight is 309 g/mol. The number of rotatable bonds is 2. The lowest BCUT2D eigenvalue weighted by Crippen LogP contribution is -2.46. The summed E-state index contributed by atoms with van der Waals surface area (Å²) in [6.07, 6.45) is 8.35. The van der Waals surface area contributed by atoms with Gasteiger partial charge in [-0.05, 0) is 42.2 Å². The number of pyridine rings is 1. The molecule has 3 amide bonds. The van der Waals surface area contributed by atoms with Gasteiger partial charge in [0.05, 0.1) is 11.8 Å². The summed E-state index contributed by atoms with van der Waals surface area (Å²) in [4.78, 5) is 41.5. The number of imide groups is 1. The second-order valence-electron chi connectivity index (χ2n) is 6.84. The number of aromatic nitrogens is 1. The molecule has 1 aliphatic heterocycles. The van der Waals surface area contributed by atoms with Crippen molar-refractivity contribution in [1.82, 2.24) is 15.4 Å². The molecular weight excluding hydrogens is 294 g/mol. The maximum absolute atomic E-state index is 12.7. The first-order chi connectivity index (χ1) is 11.2. The number of amides is 3. The molecule has 4 aliphatic carbocycles. The highest BCUT2D eigenvalue weighted by Crippen LogP contribution is 2.65. The van der Waals surface area contributed by atoms with Crippen molar-refractivity contribution in [2.45, 2.75) is 6.42 Å². The second-order valence-corrected chi connectivity index (χ2v) is 6.84. The lowest BCUT2D eigenvalue weighted by Gasteiger charge is -2.37. The molecule has 0 radical (unpaired) electrons. The van der Waals surface area contributed by atoms with Crippen molar-refractivity contribution in [1.29, 1.82) is 0 Å². The Labute approximate surface area is 132 Å². The van der Waals surface area contributed by atoms with Crippen LogP contribution in [0.1, 0.15) is 16.8 Å². The molecule has 2 bridgehead atoms. The second kappa shape index (κ2) is 4.28. The molecule has 6 rings (SSSR count). The minimum Gasteiger partial charge on any atom is -0.272 e. The van der Waals surface area contributed by atoms with Crippen LogP contribution >= 0.6 is 0 Å². The van der Waals surface area contributed by atoms with Crippen LogP contribution in [0.5, 0.6) is 0 Å². The van der Waals surface area contributed by atoms with Gasteiger partial charge < -0.3 is 0 Å². The Hall–Kier alpha value is -2.50. The van der Waals surface area contributed by atoms with E-state index in [2.05, 4.69) is 22.6 Å². The van der Waals surface area contributed by atoms with Crippen LogP contribution < -0.4 is 5.43 Å². The zero-order valence-corrected chi connectivity index (χ0v) is 12.3. The number of hydrogen-bond donors (Lipinski definition) is 1. The summed E-state index contributed by atoms with van der Waals surface area (Å²) in [5.41, 5.74) is 2.86. The summed E-state index contributed by atoms with van der Waals surface area (Å²) in [5.74, 6) is -0.128. The van der Waals surface area contributed by atoms with Crippen molar-refractivity contribution in [3.05, 3.63) is 42.2 Å². The van der Waals surface area contributed by atoms with Crippen LogP contribution in [0.4, 0.5) is 0 Å². The van der Waals surface area contributed by atoms with E-state index in [4.69, 9.17) is 0 Å². The van der Waals surface area contributed by atoms with Gasteiger partial charge in [0.2, 0.25) is 0 Å². The first-order valence-corrected chi connectivity index (χ1v) is 7.94. The third-order valence-electron chi connectivity index (χ3n) is 5.82. The maximum atomic E-state index is 12.7. The standard InChI is InChI=1S/C17H15N3O3/c21-15(8-3-5-18-6-4-8)19-20-16(22)13-9-1-2-10(12-7-11(9)12)14(13)17(20)23/h1-6,9-14H,7H2,(H,19,21)/t9-,10+,11-,12+,13-,14+. The largest absolute Gasteiger partial charge is 0.272 e. The Morgan fingerprint density at radius 1 is 1.04 bits per heavy atom. The fourth-order valence-electron chi connectivity index (χ4n) is 4.74. The molecule has 6 atom stereocenters. The number of hydrogen-bond acceptors (Lipinski definition) is 4. The van der Waals surface area contributed by atoms with E-state index in [0.29, 0.717) is 17.4 Å². The van der Waals surface area contributed by atoms with Gasteiger partial charge in [0, 0.05) is 18.0 Å². The lowest BCUT2D eigenvalue weighted by atomic mass is 9.63. The van der Waals surface area contributed by atoms with Crippen LogP contribution in [-0.2, 0) is 9.59 Å². The van der Waals surface area contributed by atoms with Crippen molar-refractivity contribution in [2.24, 2.45) is 35.5 Å². The molecule has 0 aromatic carbocycles. The molecule has 6 heteroatoms. The minimum atomic E-state index is -0.460. The molecular formula is C17H15N3O3. The molecule has 0 spiro atoms. The predicted octanol–water partition coefficient (Wildman–Crippen LogP) is 0.779. The van der Waals surface area contributed by atoms with E-state index < -0.39 is 5.91 Å². The number of carbonyl (C=O) groups is 3. The zero-order valence-electron chi connectivity index (χ0n) is 12.3. The van der Waals surface area contributed by atoms with Crippen LogP contribution in [0.25, 0.3) is 0 Å². The van der Waals surface area contributed by atoms with Crippen LogP contribution in [0.2, 0.25) is 0 Å². The van der Waals surface area contributed by atoms with E-state index in [1.807, 2.05) is 0 Å². The topological polar surface area (TPSA) is 79.4 Å². The Bertz CT molecular complexity index is 724. The molecule has 2 saturated carbocycles. The average Bonchev–Trinajstić information content (AvgIpc) is 3.37. The summed E-state index contributed by atoms with van der Waals surface area (Å²) in [7, 11) is 0. The van der Waals surface area contributed by atoms with E-state index in [0.717, 1.165) is 11.4 Å². The predicted molar refractivity (Wildman–Crippen MR) is 78.3 cm³/mol. The molecule has 6 nitrogen and oxygen atoms in total. The van der Waals surface area contributed by atoms with Gasteiger partial charge in [0.15, 0.2) is 0 Å². The monoisotopic (exact) mass is 309 g/mol. The van der Waals surface area contributed by atoms with Crippen molar-refractivity contribution >= 4 is 17.7 Å². The first-order valence-electron chi connectivity index (χ1n) is 7.94. The summed E-state index contributed by atoms with van der Waals surface area (Å²) < 4.78 is 0. The van der Waals surface area contributed by atoms with Gasteiger partial charge in [0.25, 0.3) is 17.7 Å². The van der Waals surface area contributed by atoms with Gasteiger partial charge in [-0.2, -0.15) is 5.01 Å². The van der Waals surface area contributed by atoms with Crippen molar-refractivity contribution < 1.29 is 14.4 Å². The SMILES string of the molecule is O=C(NN1C(=O)[C@@H]2[C@@H]3C=C[C@@H]([C@@H]4C[C@H]34)[C@@H]2C1=O)c1ccncc1. The normalized spacial score (nSPS) is 39.2. The molecule has 1 aromatic rings. The Morgan fingerprint density at radius 2 is 1.61 bits per heavy atom. The van der Waals surface area contributed by atoms with E-state index in [1.165, 1.54) is 12.4 Å². The third-order valence-corrected chi connectivity index (χ3v) is 5.82. The van der Waals surface area contributed by atoms with E-state index in [9.17, 15) is 14.4 Å². The highest BCUT2D eigenvalue weighted by atomic mass is 16.2. The van der Waals surface area contributed by atoms with Gasteiger partial charge in [-0.3, -0.25) is 24.8 Å². The van der Waals surface area contributed by atoms with Crippen molar-refractivity contribution in [3.8, 4) is 0 Å². The molecule has 116 valence electrons.